The fourth-order valence-electron chi connectivity index (χ4n) is 2.74. The summed E-state index contributed by atoms with van der Waals surface area (Å²) in [6, 6.07) is 6.21. The normalized spacial score (nSPS) is 21.6. The number of hydrogen-bond acceptors (Lipinski definition) is 3. The Labute approximate surface area is 131 Å². The van der Waals surface area contributed by atoms with Crippen molar-refractivity contribution >= 4 is 44.9 Å². The van der Waals surface area contributed by atoms with Gasteiger partial charge in [-0.05, 0) is 34.1 Å². The average Bonchev–Trinajstić information content (AvgIpc) is 2.79. The summed E-state index contributed by atoms with van der Waals surface area (Å²) in [5.41, 5.74) is 7.61. The van der Waals surface area contributed by atoms with E-state index in [0.29, 0.717) is 4.99 Å². The Morgan fingerprint density at radius 1 is 1.45 bits per heavy atom. The minimum absolute atomic E-state index is 0.0533. The lowest BCUT2D eigenvalue weighted by molar-refractivity contribution is 0.197. The minimum atomic E-state index is 0.0533. The van der Waals surface area contributed by atoms with E-state index in [2.05, 4.69) is 26.1 Å². The fraction of sp³-hybridized carbons (Fsp3) is 0.385. The molecule has 3 N–H and O–H groups in total. The smallest absolute Gasteiger partial charge is 0.317 e. The van der Waals surface area contributed by atoms with E-state index >= 15 is 0 Å². The third-order valence-corrected chi connectivity index (χ3v) is 4.68. The van der Waals surface area contributed by atoms with Crippen molar-refractivity contribution in [3.8, 4) is 0 Å². The second-order valence-corrected chi connectivity index (χ2v) is 6.30. The van der Waals surface area contributed by atoms with Gasteiger partial charge in [0.25, 0.3) is 0 Å². The first-order valence-electron chi connectivity index (χ1n) is 6.45. The summed E-state index contributed by atoms with van der Waals surface area (Å²) in [7, 11) is 0. The van der Waals surface area contributed by atoms with Crippen LogP contribution in [0.15, 0.2) is 22.7 Å². The molecule has 2 fully saturated rings. The van der Waals surface area contributed by atoms with Crippen molar-refractivity contribution in [1.82, 2.24) is 10.2 Å². The second-order valence-electron chi connectivity index (χ2n) is 5.01. The summed E-state index contributed by atoms with van der Waals surface area (Å²) in [6.07, 6.45) is 0. The number of urea groups is 1. The van der Waals surface area contributed by atoms with Crippen LogP contribution < -0.4 is 16.0 Å². The lowest BCUT2D eigenvalue weighted by Gasteiger charge is -2.38. The van der Waals surface area contributed by atoms with E-state index in [4.69, 9.17) is 18.0 Å². The molecule has 20 heavy (non-hydrogen) atoms. The Morgan fingerprint density at radius 3 is 2.95 bits per heavy atom. The van der Waals surface area contributed by atoms with Gasteiger partial charge in [0.1, 0.15) is 4.99 Å². The number of amides is 2. The Kier molecular flexibility index (Phi) is 3.55. The van der Waals surface area contributed by atoms with Crippen molar-refractivity contribution in [3.63, 3.8) is 0 Å². The minimum Gasteiger partial charge on any atom is -0.389 e. The summed E-state index contributed by atoms with van der Waals surface area (Å²) in [6.45, 7) is 3.14. The topological polar surface area (TPSA) is 61.6 Å². The summed E-state index contributed by atoms with van der Waals surface area (Å²) in [5.74, 6) is 0. The van der Waals surface area contributed by atoms with Crippen LogP contribution in [-0.2, 0) is 0 Å². The highest BCUT2D eigenvalue weighted by Crippen LogP contribution is 2.29. The number of carbonyl (C=O) groups is 1. The monoisotopic (exact) mass is 354 g/mol. The molecule has 3 rings (SSSR count). The molecule has 7 heteroatoms. The molecule has 1 unspecified atom stereocenters. The zero-order chi connectivity index (χ0) is 14.3. The number of piperazine rings is 1. The molecule has 0 radical (unpaired) electrons. The number of nitrogens with two attached hydrogens (primary N) is 1. The van der Waals surface area contributed by atoms with Gasteiger partial charge in [0.2, 0.25) is 0 Å². The van der Waals surface area contributed by atoms with Crippen LogP contribution in [0.3, 0.4) is 0 Å². The van der Waals surface area contributed by atoms with E-state index in [1.807, 2.05) is 23.1 Å². The molecule has 2 amide bonds. The van der Waals surface area contributed by atoms with Crippen LogP contribution in [0, 0.1) is 0 Å². The number of hydrogen-bond donors (Lipinski definition) is 2. The van der Waals surface area contributed by atoms with Gasteiger partial charge >= 0.3 is 6.03 Å². The number of benzene rings is 1. The van der Waals surface area contributed by atoms with Gasteiger partial charge in [0.15, 0.2) is 0 Å². The molecule has 0 spiro atoms. The number of rotatable bonds is 2. The third kappa shape index (κ3) is 2.35. The molecule has 106 valence electrons. The third-order valence-electron chi connectivity index (χ3n) is 3.81. The van der Waals surface area contributed by atoms with Crippen LogP contribution in [0.2, 0.25) is 0 Å². The summed E-state index contributed by atoms with van der Waals surface area (Å²) in [4.78, 5) is 16.2. The highest BCUT2D eigenvalue weighted by atomic mass is 79.9. The van der Waals surface area contributed by atoms with Crippen LogP contribution in [-0.4, -0.2) is 48.1 Å². The second kappa shape index (κ2) is 5.21. The molecule has 1 atom stereocenters. The number of thiocarbonyl (C=S) groups is 1. The van der Waals surface area contributed by atoms with Gasteiger partial charge in [-0.3, -0.25) is 0 Å². The molecule has 5 nitrogen and oxygen atoms in total. The van der Waals surface area contributed by atoms with Crippen molar-refractivity contribution in [3.05, 3.63) is 28.2 Å². The molecule has 1 aromatic rings. The molecule has 1 aromatic carbocycles. The van der Waals surface area contributed by atoms with Crippen LogP contribution in [0.4, 0.5) is 10.5 Å². The Hall–Kier alpha value is -1.34. The van der Waals surface area contributed by atoms with Gasteiger partial charge in [-0.15, -0.1) is 0 Å². The molecular formula is C13H15BrN4OS. The molecule has 0 bridgehead atoms. The number of carbonyl (C=O) groups excluding carboxylic acids is 1. The van der Waals surface area contributed by atoms with E-state index in [9.17, 15) is 4.79 Å². The van der Waals surface area contributed by atoms with Gasteiger partial charge in [-0.25, -0.2) is 4.79 Å². The number of anilines is 1. The van der Waals surface area contributed by atoms with E-state index in [-0.39, 0.29) is 12.1 Å². The fourth-order valence-corrected chi connectivity index (χ4v) is 3.50. The highest BCUT2D eigenvalue weighted by Gasteiger charge is 2.35. The standard InChI is InChI=1S/C13H15BrN4OS/c14-10-5-8(12(15)20)1-2-11(10)17-3-4-18-9(7-17)6-16-13(18)19/h1-2,5,9H,3-4,6-7H2,(H2,15,20)(H,16,19). The van der Waals surface area contributed by atoms with Gasteiger partial charge in [0.05, 0.1) is 11.7 Å². The summed E-state index contributed by atoms with van der Waals surface area (Å²) < 4.78 is 0.980. The first-order chi connectivity index (χ1) is 9.56. The number of nitrogens with zero attached hydrogens (tertiary/aromatic N) is 2. The SMILES string of the molecule is NC(=S)c1ccc(N2CCN3C(=O)NCC3C2)c(Br)c1. The Morgan fingerprint density at radius 2 is 2.25 bits per heavy atom. The Bertz CT molecular complexity index is 579. The Balaban J connectivity index is 1.80. The molecule has 0 aromatic heterocycles. The lowest BCUT2D eigenvalue weighted by atomic mass is 10.1. The van der Waals surface area contributed by atoms with Crippen molar-refractivity contribution in [2.45, 2.75) is 6.04 Å². The van der Waals surface area contributed by atoms with Crippen molar-refractivity contribution in [1.29, 1.82) is 0 Å². The molecule has 2 saturated heterocycles. The maximum atomic E-state index is 11.6. The first-order valence-corrected chi connectivity index (χ1v) is 7.65. The maximum Gasteiger partial charge on any atom is 0.317 e. The van der Waals surface area contributed by atoms with E-state index in [1.165, 1.54) is 0 Å². The predicted molar refractivity (Wildman–Crippen MR) is 86.1 cm³/mol. The largest absolute Gasteiger partial charge is 0.389 e. The van der Waals surface area contributed by atoms with E-state index in [1.54, 1.807) is 0 Å². The van der Waals surface area contributed by atoms with Gasteiger partial charge < -0.3 is 20.9 Å². The first kappa shape index (κ1) is 13.6. The molecule has 0 aliphatic carbocycles. The highest BCUT2D eigenvalue weighted by molar-refractivity contribution is 9.10. The molecular weight excluding hydrogens is 340 g/mol. The van der Waals surface area contributed by atoms with Crippen LogP contribution in [0.1, 0.15) is 5.56 Å². The number of nitrogens with one attached hydrogen (secondary N) is 1. The molecule has 0 saturated carbocycles. The lowest BCUT2D eigenvalue weighted by Crippen LogP contribution is -2.52. The zero-order valence-electron chi connectivity index (χ0n) is 10.8. The van der Waals surface area contributed by atoms with Crippen molar-refractivity contribution in [2.75, 3.05) is 31.1 Å². The van der Waals surface area contributed by atoms with Crippen LogP contribution in [0.5, 0.6) is 0 Å². The number of fused-ring (bicyclic) bond motifs is 1. The van der Waals surface area contributed by atoms with Gasteiger partial charge in [0, 0.05) is 36.2 Å². The van der Waals surface area contributed by atoms with Crippen molar-refractivity contribution in [2.24, 2.45) is 5.73 Å². The maximum absolute atomic E-state index is 11.6. The zero-order valence-corrected chi connectivity index (χ0v) is 13.2. The van der Waals surface area contributed by atoms with E-state index < -0.39 is 0 Å². The molecule has 2 aliphatic heterocycles. The van der Waals surface area contributed by atoms with Crippen LogP contribution >= 0.6 is 28.1 Å². The summed E-state index contributed by atoms with van der Waals surface area (Å²) >= 11 is 8.57. The van der Waals surface area contributed by atoms with Crippen LogP contribution in [0.25, 0.3) is 0 Å². The summed E-state index contributed by atoms with van der Waals surface area (Å²) in [5, 5.41) is 2.89. The molecule has 2 aliphatic rings. The van der Waals surface area contributed by atoms with Gasteiger partial charge in [-0.1, -0.05) is 12.2 Å². The molecule has 2 heterocycles. The van der Waals surface area contributed by atoms with Crippen molar-refractivity contribution < 1.29 is 4.79 Å². The quantitative estimate of drug-likeness (QED) is 0.785. The average molecular weight is 355 g/mol. The predicted octanol–water partition coefficient (Wildman–Crippen LogP) is 1.30. The number of halogens is 1. The van der Waals surface area contributed by atoms with Gasteiger partial charge in [-0.2, -0.15) is 0 Å². The van der Waals surface area contributed by atoms with E-state index in [0.717, 1.165) is 41.9 Å².